The Kier molecular flexibility index (Phi) is 7.34. The summed E-state index contributed by atoms with van der Waals surface area (Å²) in [5.41, 5.74) is 7.65. The van der Waals surface area contributed by atoms with Crippen LogP contribution in [0.1, 0.15) is 45.1 Å². The van der Waals surface area contributed by atoms with E-state index in [4.69, 9.17) is 15.2 Å². The molecule has 0 saturated carbocycles. The zero-order valence-corrected chi connectivity index (χ0v) is 14.7. The second-order valence-corrected chi connectivity index (χ2v) is 6.48. The van der Waals surface area contributed by atoms with E-state index in [0.717, 1.165) is 70.9 Å². The molecule has 1 heterocycles. The zero-order valence-electron chi connectivity index (χ0n) is 14.7. The predicted molar refractivity (Wildman–Crippen MR) is 94.9 cm³/mol. The Morgan fingerprint density at radius 1 is 1.09 bits per heavy atom. The molecule has 1 aliphatic heterocycles. The number of hydrogen-bond donors (Lipinski definition) is 1. The summed E-state index contributed by atoms with van der Waals surface area (Å²) in [6.07, 6.45) is 4.26. The van der Waals surface area contributed by atoms with Crippen molar-refractivity contribution in [2.24, 2.45) is 5.73 Å². The number of benzene rings is 1. The Balaban J connectivity index is 1.85. The fraction of sp³-hybridized carbons (Fsp3) is 0.684. The third-order valence-corrected chi connectivity index (χ3v) is 4.60. The molecular formula is C19H32N2O2. The summed E-state index contributed by atoms with van der Waals surface area (Å²) in [5, 5.41) is 0. The van der Waals surface area contributed by atoms with E-state index in [1.807, 2.05) is 0 Å². The molecule has 2 rings (SSSR count). The molecule has 1 aliphatic rings. The minimum atomic E-state index is -0.199. The lowest BCUT2D eigenvalue weighted by molar-refractivity contribution is 0.0322. The third-order valence-electron chi connectivity index (χ3n) is 4.60. The highest BCUT2D eigenvalue weighted by Gasteiger charge is 2.25. The summed E-state index contributed by atoms with van der Waals surface area (Å²) in [6, 6.07) is 8.38. The first-order valence-electron chi connectivity index (χ1n) is 9.00. The normalized spacial score (nSPS) is 16.5. The molecule has 4 nitrogen and oxygen atoms in total. The highest BCUT2D eigenvalue weighted by Crippen LogP contribution is 2.30. The number of hydrogen-bond acceptors (Lipinski definition) is 4. The molecule has 1 fully saturated rings. The lowest BCUT2D eigenvalue weighted by atomic mass is 9.83. The fourth-order valence-electron chi connectivity index (χ4n) is 3.31. The van der Waals surface area contributed by atoms with Crippen molar-refractivity contribution >= 4 is 0 Å². The van der Waals surface area contributed by atoms with Crippen molar-refractivity contribution in [3.63, 3.8) is 0 Å². The Morgan fingerprint density at radius 3 is 2.26 bits per heavy atom. The molecule has 0 amide bonds. The van der Waals surface area contributed by atoms with Gasteiger partial charge in [-0.3, -0.25) is 4.90 Å². The van der Waals surface area contributed by atoms with E-state index in [1.54, 1.807) is 0 Å². The Hall–Kier alpha value is -1.10. The van der Waals surface area contributed by atoms with Crippen LogP contribution in [-0.4, -0.2) is 44.4 Å². The maximum absolute atomic E-state index is 6.63. The quantitative estimate of drug-likeness (QED) is 0.759. The minimum Gasteiger partial charge on any atom is -0.492 e. The fourth-order valence-corrected chi connectivity index (χ4v) is 3.31. The molecule has 130 valence electrons. The van der Waals surface area contributed by atoms with E-state index in [1.165, 1.54) is 5.56 Å². The molecule has 0 spiro atoms. The molecule has 1 aromatic rings. The Labute approximate surface area is 140 Å². The van der Waals surface area contributed by atoms with Crippen molar-refractivity contribution in [1.82, 2.24) is 4.90 Å². The summed E-state index contributed by atoms with van der Waals surface area (Å²) in [7, 11) is 0. The Bertz CT molecular complexity index is 435. The van der Waals surface area contributed by atoms with Crippen molar-refractivity contribution in [3.05, 3.63) is 29.8 Å². The number of morpholine rings is 1. The first kappa shape index (κ1) is 18.2. The zero-order chi connectivity index (χ0) is 16.5. The van der Waals surface area contributed by atoms with Crippen LogP contribution in [0.5, 0.6) is 5.75 Å². The van der Waals surface area contributed by atoms with E-state index in [9.17, 15) is 0 Å². The maximum atomic E-state index is 6.63. The lowest BCUT2D eigenvalue weighted by Crippen LogP contribution is -2.38. The SMILES string of the molecule is CCCC(N)(CCC)c1ccc(OCCN2CCOCC2)cc1. The van der Waals surface area contributed by atoms with Gasteiger partial charge in [-0.15, -0.1) is 0 Å². The Morgan fingerprint density at radius 2 is 1.70 bits per heavy atom. The van der Waals surface area contributed by atoms with Crippen LogP contribution in [0.3, 0.4) is 0 Å². The van der Waals surface area contributed by atoms with Crippen LogP contribution in [0, 0.1) is 0 Å². The first-order chi connectivity index (χ1) is 11.2. The molecule has 1 aromatic carbocycles. The van der Waals surface area contributed by atoms with Gasteiger partial charge >= 0.3 is 0 Å². The number of nitrogens with two attached hydrogens (primary N) is 1. The van der Waals surface area contributed by atoms with Gasteiger partial charge in [0.15, 0.2) is 0 Å². The summed E-state index contributed by atoms with van der Waals surface area (Å²) < 4.78 is 11.2. The van der Waals surface area contributed by atoms with Gasteiger partial charge in [-0.2, -0.15) is 0 Å². The molecule has 0 bridgehead atoms. The standard InChI is InChI=1S/C19H32N2O2/c1-3-9-19(20,10-4-2)17-5-7-18(8-6-17)23-16-13-21-11-14-22-15-12-21/h5-8H,3-4,9-16,20H2,1-2H3. The second kappa shape index (κ2) is 9.26. The van der Waals surface area contributed by atoms with E-state index in [0.29, 0.717) is 0 Å². The summed E-state index contributed by atoms with van der Waals surface area (Å²) in [4.78, 5) is 2.38. The van der Waals surface area contributed by atoms with Crippen LogP contribution in [0.4, 0.5) is 0 Å². The van der Waals surface area contributed by atoms with Crippen LogP contribution in [0.2, 0.25) is 0 Å². The number of rotatable bonds is 9. The molecule has 4 heteroatoms. The first-order valence-corrected chi connectivity index (χ1v) is 9.00. The highest BCUT2D eigenvalue weighted by molar-refractivity contribution is 5.31. The molecule has 0 atom stereocenters. The van der Waals surface area contributed by atoms with Crippen LogP contribution in [0.25, 0.3) is 0 Å². The van der Waals surface area contributed by atoms with Crippen molar-refractivity contribution < 1.29 is 9.47 Å². The summed E-state index contributed by atoms with van der Waals surface area (Å²) in [6.45, 7) is 9.75. The minimum absolute atomic E-state index is 0.199. The van der Waals surface area contributed by atoms with E-state index < -0.39 is 0 Å². The van der Waals surface area contributed by atoms with Crippen molar-refractivity contribution in [2.45, 2.75) is 45.1 Å². The summed E-state index contributed by atoms with van der Waals surface area (Å²) in [5.74, 6) is 0.928. The average molecular weight is 320 g/mol. The van der Waals surface area contributed by atoms with Gasteiger partial charge in [-0.1, -0.05) is 38.8 Å². The second-order valence-electron chi connectivity index (χ2n) is 6.48. The lowest BCUT2D eigenvalue weighted by Gasteiger charge is -2.30. The molecule has 1 saturated heterocycles. The molecule has 0 aromatic heterocycles. The molecule has 0 unspecified atom stereocenters. The van der Waals surface area contributed by atoms with Gasteiger partial charge in [0.05, 0.1) is 13.2 Å². The van der Waals surface area contributed by atoms with E-state index in [-0.39, 0.29) is 5.54 Å². The van der Waals surface area contributed by atoms with Gasteiger partial charge in [-0.05, 0) is 30.5 Å². The summed E-state index contributed by atoms with van der Waals surface area (Å²) >= 11 is 0. The number of ether oxygens (including phenoxy) is 2. The van der Waals surface area contributed by atoms with Crippen molar-refractivity contribution in [2.75, 3.05) is 39.5 Å². The van der Waals surface area contributed by atoms with Gasteiger partial charge in [-0.25, -0.2) is 0 Å². The molecule has 0 radical (unpaired) electrons. The molecular weight excluding hydrogens is 288 g/mol. The van der Waals surface area contributed by atoms with Crippen molar-refractivity contribution in [1.29, 1.82) is 0 Å². The smallest absolute Gasteiger partial charge is 0.119 e. The molecule has 0 aliphatic carbocycles. The van der Waals surface area contributed by atoms with Crippen LogP contribution in [-0.2, 0) is 10.3 Å². The topological polar surface area (TPSA) is 47.7 Å². The largest absolute Gasteiger partial charge is 0.492 e. The number of nitrogens with zero attached hydrogens (tertiary/aromatic N) is 1. The highest BCUT2D eigenvalue weighted by atomic mass is 16.5. The van der Waals surface area contributed by atoms with Gasteiger partial charge in [0.1, 0.15) is 12.4 Å². The van der Waals surface area contributed by atoms with Gasteiger partial charge < -0.3 is 15.2 Å². The van der Waals surface area contributed by atoms with Gasteiger partial charge in [0, 0.05) is 25.2 Å². The average Bonchev–Trinajstić information content (AvgIpc) is 2.57. The molecule has 2 N–H and O–H groups in total. The van der Waals surface area contributed by atoms with Crippen LogP contribution in [0.15, 0.2) is 24.3 Å². The van der Waals surface area contributed by atoms with Crippen LogP contribution >= 0.6 is 0 Å². The van der Waals surface area contributed by atoms with Crippen LogP contribution < -0.4 is 10.5 Å². The monoisotopic (exact) mass is 320 g/mol. The van der Waals surface area contributed by atoms with E-state index in [2.05, 4.69) is 43.0 Å². The maximum Gasteiger partial charge on any atom is 0.119 e. The third kappa shape index (κ3) is 5.48. The van der Waals surface area contributed by atoms with E-state index >= 15 is 0 Å². The van der Waals surface area contributed by atoms with Gasteiger partial charge in [0.25, 0.3) is 0 Å². The predicted octanol–water partition coefficient (Wildman–Crippen LogP) is 3.15. The molecule has 23 heavy (non-hydrogen) atoms. The van der Waals surface area contributed by atoms with Crippen molar-refractivity contribution in [3.8, 4) is 5.75 Å². The van der Waals surface area contributed by atoms with Gasteiger partial charge in [0.2, 0.25) is 0 Å².